The summed E-state index contributed by atoms with van der Waals surface area (Å²) in [6.45, 7) is 0. The molecule has 0 atom stereocenters. The van der Waals surface area contributed by atoms with E-state index in [-0.39, 0.29) is 0 Å². The summed E-state index contributed by atoms with van der Waals surface area (Å²) >= 11 is 1.82. The minimum absolute atomic E-state index is 0.595. The van der Waals surface area contributed by atoms with Gasteiger partial charge >= 0.3 is 0 Å². The van der Waals surface area contributed by atoms with E-state index in [1.165, 1.54) is 19.8 Å². The van der Waals surface area contributed by atoms with Gasteiger partial charge in [0.15, 0.2) is 34.9 Å². The molecule has 7 nitrogen and oxygen atoms in total. The minimum atomic E-state index is 0.595. The standard InChI is InChI=1S/C54H34N6OS/c1-4-14-34(15-5-1)49-55-50(35-16-6-2-7-17-35)57-52(56-49)37-28-26-33(27-29-37)38-30-31-41-46(32-38)62-45-25-13-22-42(47(41)45)53-58-51(36-18-8-3-9-19-36)59-54(60-53)43-23-12-21-40-39-20-10-11-24-44(39)61-48(40)43/h1-12,14-21,23-32H,13,22H2. The average molecular weight is 815 g/mol. The van der Waals surface area contributed by atoms with Gasteiger partial charge in [0.25, 0.3) is 0 Å². The van der Waals surface area contributed by atoms with Crippen molar-refractivity contribution < 1.29 is 4.42 Å². The van der Waals surface area contributed by atoms with Crippen LogP contribution in [0.25, 0.3) is 112 Å². The molecular formula is C54H34N6OS. The van der Waals surface area contributed by atoms with Crippen LogP contribution in [0, 0.1) is 0 Å². The summed E-state index contributed by atoms with van der Waals surface area (Å²) in [4.78, 5) is 30.3. The summed E-state index contributed by atoms with van der Waals surface area (Å²) in [5, 5.41) is 4.51. The van der Waals surface area contributed by atoms with Crippen molar-refractivity contribution in [2.24, 2.45) is 0 Å². The van der Waals surface area contributed by atoms with Crippen LogP contribution >= 0.6 is 11.3 Å². The van der Waals surface area contributed by atoms with Crippen molar-refractivity contribution in [2.75, 3.05) is 0 Å². The lowest BCUT2D eigenvalue weighted by molar-refractivity contribution is 0.669. The predicted octanol–water partition coefficient (Wildman–Crippen LogP) is 11.9. The first-order chi connectivity index (χ1) is 30.7. The van der Waals surface area contributed by atoms with Crippen LogP contribution in [0.15, 0.2) is 180 Å². The van der Waals surface area contributed by atoms with Crippen LogP contribution in [0.5, 0.6) is 0 Å². The van der Waals surface area contributed by atoms with Crippen LogP contribution in [-0.4, -0.2) is 29.9 Å². The Kier molecular flexibility index (Phi) is 8.67. The maximum absolute atomic E-state index is 6.47. The molecule has 0 unspecified atom stereocenters. The fourth-order valence-corrected chi connectivity index (χ4v) is 9.71. The molecule has 0 spiro atoms. The van der Waals surface area contributed by atoms with E-state index in [2.05, 4.69) is 78.9 Å². The lowest BCUT2D eigenvalue weighted by Gasteiger charge is -2.12. The molecule has 4 aromatic heterocycles. The number of rotatable bonds is 7. The summed E-state index contributed by atoms with van der Waals surface area (Å²) in [7, 11) is 0. The summed E-state index contributed by atoms with van der Waals surface area (Å²) in [6, 6.07) is 59.9. The number of fused-ring (bicyclic) bond motifs is 6. The number of aromatic nitrogens is 6. The van der Waals surface area contributed by atoms with Crippen molar-refractivity contribution in [3.05, 3.63) is 192 Å². The fourth-order valence-electron chi connectivity index (χ4n) is 8.47. The molecule has 0 aliphatic heterocycles. The van der Waals surface area contributed by atoms with E-state index in [9.17, 15) is 0 Å². The quantitative estimate of drug-likeness (QED) is 0.158. The second-order valence-electron chi connectivity index (χ2n) is 15.3. The first-order valence-electron chi connectivity index (χ1n) is 20.7. The smallest absolute Gasteiger partial charge is 0.167 e. The molecule has 0 saturated heterocycles. The molecule has 0 fully saturated rings. The number of nitrogens with zero attached hydrogens (tertiary/aromatic N) is 6. The van der Waals surface area contributed by atoms with Gasteiger partial charge in [0, 0.05) is 58.4 Å². The molecule has 0 amide bonds. The van der Waals surface area contributed by atoms with Gasteiger partial charge in [0.2, 0.25) is 0 Å². The number of thiophene rings is 1. The predicted molar refractivity (Wildman–Crippen MR) is 250 cm³/mol. The van der Waals surface area contributed by atoms with E-state index in [4.69, 9.17) is 34.3 Å². The van der Waals surface area contributed by atoms with E-state index >= 15 is 0 Å². The molecule has 12 rings (SSSR count). The number of para-hydroxylation sites is 2. The van der Waals surface area contributed by atoms with E-state index in [1.54, 1.807) is 0 Å². The maximum Gasteiger partial charge on any atom is 0.167 e. The maximum atomic E-state index is 6.47. The number of hydrogen-bond donors (Lipinski definition) is 0. The van der Waals surface area contributed by atoms with Crippen molar-refractivity contribution in [1.82, 2.24) is 29.9 Å². The van der Waals surface area contributed by atoms with Crippen LogP contribution in [0.1, 0.15) is 18.7 Å². The molecular weight excluding hydrogens is 781 g/mol. The van der Waals surface area contributed by atoms with E-state index in [0.717, 1.165) is 79.3 Å². The third-order valence-corrected chi connectivity index (χ3v) is 12.6. The van der Waals surface area contributed by atoms with E-state index in [0.29, 0.717) is 34.9 Å². The van der Waals surface area contributed by atoms with Gasteiger partial charge in [-0.05, 0) is 42.2 Å². The normalized spacial score (nSPS) is 12.5. The Bertz CT molecular complexity index is 3570. The highest BCUT2D eigenvalue weighted by atomic mass is 32.1. The molecule has 0 N–H and O–H groups in total. The van der Waals surface area contributed by atoms with Gasteiger partial charge in [-0.15, -0.1) is 11.3 Å². The van der Waals surface area contributed by atoms with Crippen LogP contribution < -0.4 is 9.75 Å². The van der Waals surface area contributed by atoms with Crippen molar-refractivity contribution in [2.45, 2.75) is 12.8 Å². The lowest BCUT2D eigenvalue weighted by atomic mass is 9.98. The zero-order chi connectivity index (χ0) is 41.0. The monoisotopic (exact) mass is 814 g/mol. The van der Waals surface area contributed by atoms with Crippen molar-refractivity contribution >= 4 is 55.0 Å². The molecule has 11 aromatic rings. The molecule has 292 valence electrons. The highest BCUT2D eigenvalue weighted by molar-refractivity contribution is 7.17. The van der Waals surface area contributed by atoms with E-state index < -0.39 is 0 Å². The van der Waals surface area contributed by atoms with Gasteiger partial charge in [-0.1, -0.05) is 164 Å². The summed E-state index contributed by atoms with van der Waals surface area (Å²) in [6.07, 6.45) is 4.08. The number of hydrogen-bond acceptors (Lipinski definition) is 8. The molecule has 8 heteroatoms. The zero-order valence-corrected chi connectivity index (χ0v) is 34.1. The molecule has 4 heterocycles. The molecule has 7 aromatic carbocycles. The summed E-state index contributed by atoms with van der Waals surface area (Å²) in [5.74, 6) is 3.85. The van der Waals surface area contributed by atoms with Crippen LogP contribution in [0.3, 0.4) is 0 Å². The van der Waals surface area contributed by atoms with Gasteiger partial charge in [0.05, 0.1) is 5.56 Å². The first kappa shape index (κ1) is 36.0. The topological polar surface area (TPSA) is 90.5 Å². The van der Waals surface area contributed by atoms with E-state index in [1.807, 2.05) is 114 Å². The molecule has 62 heavy (non-hydrogen) atoms. The fraction of sp³-hybridized carbons (Fsp3) is 0.0370. The van der Waals surface area contributed by atoms with Gasteiger partial charge in [-0.2, -0.15) is 0 Å². The third-order valence-electron chi connectivity index (χ3n) is 11.5. The van der Waals surface area contributed by atoms with Gasteiger partial charge < -0.3 is 4.42 Å². The second-order valence-corrected chi connectivity index (χ2v) is 16.4. The Labute approximate surface area is 360 Å². The lowest BCUT2D eigenvalue weighted by Crippen LogP contribution is -2.26. The Balaban J connectivity index is 0.950. The third kappa shape index (κ3) is 6.36. The Hall–Kier alpha value is -7.94. The highest BCUT2D eigenvalue weighted by Crippen LogP contribution is 2.36. The van der Waals surface area contributed by atoms with Crippen LogP contribution in [0.4, 0.5) is 0 Å². The Morgan fingerprint density at radius 3 is 1.58 bits per heavy atom. The number of furan rings is 1. The van der Waals surface area contributed by atoms with Gasteiger partial charge in [-0.3, -0.25) is 0 Å². The summed E-state index contributed by atoms with van der Waals surface area (Å²) in [5.41, 5.74) is 9.60. The van der Waals surface area contributed by atoms with Crippen molar-refractivity contribution in [1.29, 1.82) is 0 Å². The Morgan fingerprint density at radius 2 is 0.919 bits per heavy atom. The van der Waals surface area contributed by atoms with Gasteiger partial charge in [0.1, 0.15) is 11.2 Å². The zero-order valence-electron chi connectivity index (χ0n) is 33.2. The van der Waals surface area contributed by atoms with Crippen LogP contribution in [-0.2, 0) is 0 Å². The SMILES string of the molecule is C1=c2sc3cc(-c4ccc(-c5nc(-c6ccccc6)nc(-c6ccccc6)n5)cc4)ccc3c2=C(c2nc(-c3ccccc3)nc(-c3cccc4c3oc3ccccc34)n2)CC1. The first-order valence-corrected chi connectivity index (χ1v) is 21.5. The average Bonchev–Trinajstić information content (AvgIpc) is 3.93. The Morgan fingerprint density at radius 1 is 0.403 bits per heavy atom. The molecule has 0 saturated carbocycles. The van der Waals surface area contributed by atoms with Gasteiger partial charge in [-0.25, -0.2) is 29.9 Å². The largest absolute Gasteiger partial charge is 0.455 e. The molecule has 1 aliphatic carbocycles. The molecule has 0 radical (unpaired) electrons. The summed E-state index contributed by atoms with van der Waals surface area (Å²) < 4.78 is 8.93. The minimum Gasteiger partial charge on any atom is -0.455 e. The van der Waals surface area contributed by atoms with Crippen LogP contribution in [0.2, 0.25) is 0 Å². The second kappa shape index (κ2) is 15.0. The number of benzene rings is 7. The molecule has 1 aliphatic rings. The van der Waals surface area contributed by atoms with Crippen molar-refractivity contribution in [3.8, 4) is 68.1 Å². The highest BCUT2D eigenvalue weighted by Gasteiger charge is 2.21. The molecule has 0 bridgehead atoms. The van der Waals surface area contributed by atoms with Crippen molar-refractivity contribution in [3.63, 3.8) is 0 Å².